The molecule has 3 heterocycles. The van der Waals surface area contributed by atoms with Gasteiger partial charge in [0.15, 0.2) is 11.5 Å². The van der Waals surface area contributed by atoms with E-state index in [1.807, 2.05) is 48.5 Å². The van der Waals surface area contributed by atoms with Crippen molar-refractivity contribution in [3.05, 3.63) is 72.1 Å². The number of rotatable bonds is 3. The van der Waals surface area contributed by atoms with E-state index in [2.05, 4.69) is 9.97 Å². The van der Waals surface area contributed by atoms with E-state index in [9.17, 15) is 4.79 Å². The number of pyridine rings is 1. The maximum Gasteiger partial charge on any atom is 0.231 e. The van der Waals surface area contributed by atoms with E-state index < -0.39 is 0 Å². The minimum absolute atomic E-state index is 0.153. The van der Waals surface area contributed by atoms with Gasteiger partial charge in [0.05, 0.1) is 5.52 Å². The molecule has 5 rings (SSSR count). The lowest BCUT2D eigenvalue weighted by molar-refractivity contribution is 0.104. The van der Waals surface area contributed by atoms with Gasteiger partial charge in [-0.2, -0.15) is 0 Å². The van der Waals surface area contributed by atoms with Crippen molar-refractivity contribution in [2.24, 2.45) is 0 Å². The molecule has 0 aliphatic carbocycles. The number of para-hydroxylation sites is 1. The summed E-state index contributed by atoms with van der Waals surface area (Å²) in [6.07, 6.45) is 4.96. The number of hydrogen-bond donors (Lipinski definition) is 1. The molecule has 0 radical (unpaired) electrons. The van der Waals surface area contributed by atoms with Gasteiger partial charge in [0, 0.05) is 22.5 Å². The number of ketones is 1. The van der Waals surface area contributed by atoms with Crippen LogP contribution in [0.15, 0.2) is 60.8 Å². The van der Waals surface area contributed by atoms with Crippen LogP contribution in [-0.4, -0.2) is 22.5 Å². The summed E-state index contributed by atoms with van der Waals surface area (Å²) in [5, 5.41) is 2.08. The Morgan fingerprint density at radius 3 is 2.88 bits per heavy atom. The Morgan fingerprint density at radius 2 is 1.92 bits per heavy atom. The Kier molecular flexibility index (Phi) is 3.25. The largest absolute Gasteiger partial charge is 0.454 e. The van der Waals surface area contributed by atoms with Gasteiger partial charge in [0.2, 0.25) is 12.6 Å². The predicted molar refractivity (Wildman–Crippen MR) is 99.5 cm³/mol. The first-order chi connectivity index (χ1) is 12.8. The molecule has 0 atom stereocenters. The Bertz CT molecular complexity index is 1190. The number of nitrogens with zero attached hydrogens (tertiary/aromatic N) is 1. The van der Waals surface area contributed by atoms with Gasteiger partial charge in [-0.1, -0.05) is 30.3 Å². The number of H-pyrrole nitrogens is 1. The van der Waals surface area contributed by atoms with Crippen LogP contribution >= 0.6 is 0 Å². The molecule has 126 valence electrons. The fourth-order valence-electron chi connectivity index (χ4n) is 3.23. The number of carbonyl (C=O) groups is 1. The first-order valence-corrected chi connectivity index (χ1v) is 8.27. The van der Waals surface area contributed by atoms with E-state index in [-0.39, 0.29) is 12.6 Å². The third-order valence-electron chi connectivity index (χ3n) is 4.49. The van der Waals surface area contributed by atoms with Gasteiger partial charge in [0.25, 0.3) is 0 Å². The molecule has 2 aromatic heterocycles. The third kappa shape index (κ3) is 2.33. The molecule has 0 fully saturated rings. The normalized spacial score (nSPS) is 13.1. The average Bonchev–Trinajstić information content (AvgIpc) is 3.29. The zero-order valence-corrected chi connectivity index (χ0v) is 13.7. The highest BCUT2D eigenvalue weighted by Gasteiger charge is 2.14. The summed E-state index contributed by atoms with van der Waals surface area (Å²) in [7, 11) is 0. The first-order valence-electron chi connectivity index (χ1n) is 8.27. The van der Waals surface area contributed by atoms with Crippen LogP contribution in [-0.2, 0) is 0 Å². The van der Waals surface area contributed by atoms with Crippen LogP contribution in [0.3, 0.4) is 0 Å². The van der Waals surface area contributed by atoms with E-state index in [0.29, 0.717) is 11.4 Å². The quantitative estimate of drug-likeness (QED) is 0.444. The Labute approximate surface area is 148 Å². The molecule has 0 spiro atoms. The van der Waals surface area contributed by atoms with Crippen molar-refractivity contribution in [2.45, 2.75) is 0 Å². The highest BCUT2D eigenvalue weighted by atomic mass is 16.7. The van der Waals surface area contributed by atoms with Gasteiger partial charge < -0.3 is 14.5 Å². The molecular weight excluding hydrogens is 328 g/mol. The lowest BCUT2D eigenvalue weighted by atomic mass is 10.1. The van der Waals surface area contributed by atoms with E-state index in [4.69, 9.17) is 9.47 Å². The van der Waals surface area contributed by atoms with Crippen molar-refractivity contribution in [3.8, 4) is 11.5 Å². The topological polar surface area (TPSA) is 64.2 Å². The van der Waals surface area contributed by atoms with Gasteiger partial charge in [-0.3, -0.25) is 9.78 Å². The molecule has 1 aliphatic heterocycles. The molecule has 5 nitrogen and oxygen atoms in total. The Morgan fingerprint density at radius 1 is 1.04 bits per heavy atom. The number of allylic oxidation sites excluding steroid dienone is 1. The van der Waals surface area contributed by atoms with Gasteiger partial charge in [-0.05, 0) is 35.9 Å². The number of benzene rings is 2. The molecule has 1 N–H and O–H groups in total. The molecule has 2 aromatic carbocycles. The second-order valence-corrected chi connectivity index (χ2v) is 6.06. The fraction of sp³-hybridized carbons (Fsp3) is 0.0476. The summed E-state index contributed by atoms with van der Waals surface area (Å²) < 4.78 is 10.7. The van der Waals surface area contributed by atoms with Crippen molar-refractivity contribution in [2.75, 3.05) is 6.79 Å². The number of hydrogen-bond acceptors (Lipinski definition) is 4. The molecule has 0 saturated heterocycles. The zero-order valence-electron chi connectivity index (χ0n) is 13.7. The average molecular weight is 342 g/mol. The summed E-state index contributed by atoms with van der Waals surface area (Å²) in [6, 6.07) is 15.5. The fourth-order valence-corrected chi connectivity index (χ4v) is 3.23. The van der Waals surface area contributed by atoms with E-state index in [1.165, 1.54) is 6.08 Å². The molecular formula is C21H14N2O3. The van der Waals surface area contributed by atoms with E-state index >= 15 is 0 Å². The molecule has 4 aromatic rings. The van der Waals surface area contributed by atoms with Crippen molar-refractivity contribution < 1.29 is 14.3 Å². The van der Waals surface area contributed by atoms with Crippen LogP contribution in [0.2, 0.25) is 0 Å². The number of carbonyl (C=O) groups excluding carboxylic acids is 1. The summed E-state index contributed by atoms with van der Waals surface area (Å²) in [6.45, 7) is 0.230. The van der Waals surface area contributed by atoms with Crippen LogP contribution in [0.4, 0.5) is 0 Å². The van der Waals surface area contributed by atoms with Gasteiger partial charge in [-0.15, -0.1) is 0 Å². The number of nitrogens with one attached hydrogen (secondary N) is 1. The van der Waals surface area contributed by atoms with Crippen LogP contribution < -0.4 is 9.47 Å². The van der Waals surface area contributed by atoms with Crippen LogP contribution in [0, 0.1) is 0 Å². The highest BCUT2D eigenvalue weighted by Crippen LogP contribution is 2.33. The smallest absolute Gasteiger partial charge is 0.231 e. The van der Waals surface area contributed by atoms with Gasteiger partial charge in [-0.25, -0.2) is 0 Å². The van der Waals surface area contributed by atoms with Crippen molar-refractivity contribution >= 4 is 33.7 Å². The first kappa shape index (κ1) is 14.7. The Hall–Kier alpha value is -3.60. The molecule has 1 aliphatic rings. The highest BCUT2D eigenvalue weighted by molar-refractivity contribution is 6.17. The molecule has 5 heteroatoms. The summed E-state index contributed by atoms with van der Waals surface area (Å²) in [5.41, 5.74) is 3.03. The third-order valence-corrected chi connectivity index (χ3v) is 4.49. The predicted octanol–water partition coefficient (Wildman–Crippen LogP) is 4.34. The number of ether oxygens (including phenoxy) is 2. The maximum atomic E-state index is 12.7. The van der Waals surface area contributed by atoms with Crippen molar-refractivity contribution in [1.29, 1.82) is 0 Å². The molecule has 0 unspecified atom stereocenters. The monoisotopic (exact) mass is 342 g/mol. The number of aromatic nitrogens is 2. The molecule has 0 amide bonds. The molecule has 26 heavy (non-hydrogen) atoms. The zero-order chi connectivity index (χ0) is 17.5. The van der Waals surface area contributed by atoms with Crippen LogP contribution in [0.25, 0.3) is 27.9 Å². The summed E-state index contributed by atoms with van der Waals surface area (Å²) in [5.74, 6) is 1.26. The van der Waals surface area contributed by atoms with E-state index in [1.54, 1.807) is 12.3 Å². The second kappa shape index (κ2) is 5.74. The van der Waals surface area contributed by atoms with Gasteiger partial charge >= 0.3 is 0 Å². The maximum absolute atomic E-state index is 12.7. The lowest BCUT2D eigenvalue weighted by Gasteiger charge is -1.99. The summed E-state index contributed by atoms with van der Waals surface area (Å²) in [4.78, 5) is 20.3. The lowest BCUT2D eigenvalue weighted by Crippen LogP contribution is -1.99. The van der Waals surface area contributed by atoms with Gasteiger partial charge in [0.1, 0.15) is 5.69 Å². The summed E-state index contributed by atoms with van der Waals surface area (Å²) >= 11 is 0. The molecule has 0 bridgehead atoms. The second-order valence-electron chi connectivity index (χ2n) is 6.06. The van der Waals surface area contributed by atoms with Crippen molar-refractivity contribution in [3.63, 3.8) is 0 Å². The van der Waals surface area contributed by atoms with Crippen molar-refractivity contribution in [1.82, 2.24) is 9.97 Å². The minimum atomic E-state index is -0.153. The van der Waals surface area contributed by atoms with Crippen LogP contribution in [0.1, 0.15) is 16.1 Å². The van der Waals surface area contributed by atoms with E-state index in [0.717, 1.165) is 33.1 Å². The number of aromatic amines is 1. The standard InChI is InChI=1S/C21H14N2O3/c24-17(7-5-13-6-8-18-19(11-13)26-12-25-18)21-20-15(9-10-22-21)14-3-1-2-4-16(14)23-20/h1-11,23H,12H2/b7-5+. The number of fused-ring (bicyclic) bond motifs is 4. The minimum Gasteiger partial charge on any atom is -0.454 e. The SMILES string of the molecule is O=C(/C=C/c1ccc2c(c1)OCO2)c1nccc2c1[nH]c1ccccc12. The molecule has 0 saturated carbocycles. The Balaban J connectivity index is 1.52. The van der Waals surface area contributed by atoms with Crippen LogP contribution in [0.5, 0.6) is 11.5 Å².